The number of thioether (sulfide) groups is 1. The molecule has 1 saturated heterocycles. The summed E-state index contributed by atoms with van der Waals surface area (Å²) in [5, 5.41) is 8.67. The lowest BCUT2D eigenvalue weighted by Gasteiger charge is -2.10. The molecule has 1 heterocycles. The number of hydrogen-bond acceptors (Lipinski definition) is 4. The average molecular weight is 400 g/mol. The van der Waals surface area contributed by atoms with E-state index >= 15 is 0 Å². The van der Waals surface area contributed by atoms with E-state index in [1.807, 2.05) is 0 Å². The summed E-state index contributed by atoms with van der Waals surface area (Å²) in [4.78, 5) is 23.4. The number of benzene rings is 1. The number of rotatable bonds is 6. The number of carboxylic acid groups (broad SMARTS) is 1. The summed E-state index contributed by atoms with van der Waals surface area (Å²) in [7, 11) is 0. The molecule has 1 atom stereocenters. The second kappa shape index (κ2) is 8.18. The van der Waals surface area contributed by atoms with Crippen molar-refractivity contribution >= 4 is 46.0 Å². The fraction of sp³-hybridized carbons (Fsp3) is 0.278. The zero-order valence-electron chi connectivity index (χ0n) is 13.5. The molecule has 1 aromatic rings. The Balaban J connectivity index is 2.16. The third-order valence-electron chi connectivity index (χ3n) is 3.76. The van der Waals surface area contributed by atoms with Gasteiger partial charge < -0.3 is 5.11 Å². The zero-order chi connectivity index (χ0) is 19.5. The molecule has 1 aliphatic rings. The Labute approximate surface area is 158 Å². The quantitative estimate of drug-likeness (QED) is 0.408. The summed E-state index contributed by atoms with van der Waals surface area (Å²) in [6.45, 7) is 3.83. The van der Waals surface area contributed by atoms with Crippen LogP contribution in [0.5, 0.6) is 0 Å². The van der Waals surface area contributed by atoms with Crippen molar-refractivity contribution in [2.45, 2.75) is 25.4 Å². The summed E-state index contributed by atoms with van der Waals surface area (Å²) in [5.41, 5.74) is -0.00342. The van der Waals surface area contributed by atoms with Crippen LogP contribution in [-0.2, 0) is 15.8 Å². The van der Waals surface area contributed by atoms with Crippen LogP contribution in [0, 0.1) is 5.92 Å². The molecule has 0 bridgehead atoms. The van der Waals surface area contributed by atoms with Gasteiger partial charge in [0.15, 0.2) is 5.78 Å². The molecule has 0 radical (unpaired) electrons. The van der Waals surface area contributed by atoms with E-state index in [2.05, 4.69) is 6.58 Å². The summed E-state index contributed by atoms with van der Waals surface area (Å²) in [6.07, 6.45) is -2.42. The second-order valence-electron chi connectivity index (χ2n) is 5.76. The minimum Gasteiger partial charge on any atom is -0.481 e. The second-order valence-corrected chi connectivity index (χ2v) is 7.54. The lowest BCUT2D eigenvalue weighted by Crippen LogP contribution is -2.15. The van der Waals surface area contributed by atoms with Crippen LogP contribution >= 0.6 is 24.0 Å². The first-order valence-electron chi connectivity index (χ1n) is 7.64. The Kier molecular flexibility index (Phi) is 6.41. The van der Waals surface area contributed by atoms with Gasteiger partial charge in [-0.1, -0.05) is 48.3 Å². The summed E-state index contributed by atoms with van der Waals surface area (Å²) in [6, 6.07) is 4.69. The van der Waals surface area contributed by atoms with Gasteiger partial charge in [-0.2, -0.15) is 13.2 Å². The van der Waals surface area contributed by atoms with E-state index in [9.17, 15) is 22.8 Å². The Morgan fingerprint density at radius 1 is 1.35 bits per heavy atom. The van der Waals surface area contributed by atoms with E-state index in [4.69, 9.17) is 17.3 Å². The molecule has 1 unspecified atom stereocenters. The molecule has 1 N–H and O–H groups in total. The molecule has 138 valence electrons. The summed E-state index contributed by atoms with van der Waals surface area (Å²) >= 11 is 6.26. The van der Waals surface area contributed by atoms with E-state index in [0.29, 0.717) is 22.6 Å². The van der Waals surface area contributed by atoms with Crippen LogP contribution in [0.2, 0.25) is 0 Å². The molecule has 0 amide bonds. The monoisotopic (exact) mass is 400 g/mol. The largest absolute Gasteiger partial charge is 0.481 e. The van der Waals surface area contributed by atoms with Crippen molar-refractivity contribution in [3.63, 3.8) is 0 Å². The van der Waals surface area contributed by atoms with Gasteiger partial charge in [0.25, 0.3) is 0 Å². The van der Waals surface area contributed by atoms with Crippen molar-refractivity contribution in [2.24, 2.45) is 5.92 Å². The molecule has 2 rings (SSSR count). The average Bonchev–Trinajstić information content (AvgIpc) is 2.80. The van der Waals surface area contributed by atoms with Crippen LogP contribution in [0.15, 0.2) is 41.3 Å². The SMILES string of the molecule is C=C(CCCC(=O)O)C1C(=O)/C(=C/c2cccc(C(F)(F)F)c2)SC1=S. The van der Waals surface area contributed by atoms with Gasteiger partial charge in [0.1, 0.15) is 0 Å². The highest BCUT2D eigenvalue weighted by molar-refractivity contribution is 8.27. The van der Waals surface area contributed by atoms with Gasteiger partial charge in [-0.25, -0.2) is 0 Å². The predicted molar refractivity (Wildman–Crippen MR) is 98.7 cm³/mol. The fourth-order valence-corrected chi connectivity index (χ4v) is 4.05. The van der Waals surface area contributed by atoms with E-state index < -0.39 is 23.6 Å². The first kappa shape index (κ1) is 20.4. The van der Waals surface area contributed by atoms with Crippen molar-refractivity contribution in [1.82, 2.24) is 0 Å². The van der Waals surface area contributed by atoms with Gasteiger partial charge in [-0.15, -0.1) is 0 Å². The van der Waals surface area contributed by atoms with Gasteiger partial charge in [-0.05, 0) is 36.6 Å². The number of carboxylic acids is 1. The van der Waals surface area contributed by atoms with Crippen LogP contribution in [0.3, 0.4) is 0 Å². The number of halogens is 3. The Bertz CT molecular complexity index is 797. The Morgan fingerprint density at radius 3 is 2.65 bits per heavy atom. The van der Waals surface area contributed by atoms with Gasteiger partial charge >= 0.3 is 12.1 Å². The predicted octanol–water partition coefficient (Wildman–Crippen LogP) is 5.12. The van der Waals surface area contributed by atoms with Crippen molar-refractivity contribution in [1.29, 1.82) is 0 Å². The molecule has 0 spiro atoms. The van der Waals surface area contributed by atoms with Crippen LogP contribution in [0.1, 0.15) is 30.4 Å². The topological polar surface area (TPSA) is 54.4 Å². The van der Waals surface area contributed by atoms with Crippen LogP contribution < -0.4 is 0 Å². The number of allylic oxidation sites excluding steroid dienone is 2. The molecule has 8 heteroatoms. The molecule has 1 aromatic carbocycles. The van der Waals surface area contributed by atoms with Crippen molar-refractivity contribution in [3.05, 3.63) is 52.4 Å². The maximum Gasteiger partial charge on any atom is 0.416 e. The molecule has 1 aliphatic heterocycles. The van der Waals surface area contributed by atoms with Gasteiger partial charge in [0, 0.05) is 6.42 Å². The highest BCUT2D eigenvalue weighted by Gasteiger charge is 2.37. The molecule has 26 heavy (non-hydrogen) atoms. The molecule has 0 aliphatic carbocycles. The fourth-order valence-electron chi connectivity index (χ4n) is 2.49. The maximum absolute atomic E-state index is 12.8. The number of aliphatic carboxylic acids is 1. The number of Topliss-reactive ketones (excluding diaryl/α,β-unsaturated/α-hetero) is 1. The van der Waals surface area contributed by atoms with Crippen LogP contribution in [0.25, 0.3) is 6.08 Å². The van der Waals surface area contributed by atoms with E-state index in [1.54, 1.807) is 0 Å². The third kappa shape index (κ3) is 5.04. The molecule has 0 saturated carbocycles. The van der Waals surface area contributed by atoms with Gasteiger partial charge in [0.05, 0.1) is 20.6 Å². The van der Waals surface area contributed by atoms with E-state index in [-0.39, 0.29) is 22.7 Å². The number of thiocarbonyl (C=S) groups is 1. The number of hydrogen-bond donors (Lipinski definition) is 1. The van der Waals surface area contributed by atoms with Gasteiger partial charge in [0.2, 0.25) is 0 Å². The number of carbonyl (C=O) groups is 2. The minimum atomic E-state index is -4.46. The Hall–Kier alpha value is -1.93. The number of ketones is 1. The van der Waals surface area contributed by atoms with Crippen molar-refractivity contribution in [3.8, 4) is 0 Å². The minimum absolute atomic E-state index is 0.0350. The molecule has 0 aromatic heterocycles. The lowest BCUT2D eigenvalue weighted by molar-refractivity contribution is -0.138. The van der Waals surface area contributed by atoms with Crippen LogP contribution in [-0.4, -0.2) is 21.1 Å². The lowest BCUT2D eigenvalue weighted by atomic mass is 9.93. The molecule has 3 nitrogen and oxygen atoms in total. The maximum atomic E-state index is 12.8. The molecular weight excluding hydrogens is 385 g/mol. The molecular formula is C18H15F3O3S2. The molecule has 1 fully saturated rings. The van der Waals surface area contributed by atoms with Crippen molar-refractivity contribution < 1.29 is 27.9 Å². The standard InChI is InChI=1S/C18H15F3O3S2/c1-10(4-2-7-14(22)23)15-16(24)13(26-17(15)25)9-11-5-3-6-12(8-11)18(19,20)21/h3,5-6,8-9,15H,1-2,4,7H2,(H,22,23)/b13-9-. The smallest absolute Gasteiger partial charge is 0.416 e. The third-order valence-corrected chi connectivity index (χ3v) is 5.22. The highest BCUT2D eigenvalue weighted by Crippen LogP contribution is 2.40. The van der Waals surface area contributed by atoms with Crippen LogP contribution in [0.4, 0.5) is 13.2 Å². The van der Waals surface area contributed by atoms with Gasteiger partial charge in [-0.3, -0.25) is 9.59 Å². The number of alkyl halides is 3. The first-order valence-corrected chi connectivity index (χ1v) is 8.86. The first-order chi connectivity index (χ1) is 12.1. The summed E-state index contributed by atoms with van der Waals surface area (Å²) in [5.74, 6) is -1.95. The number of carbonyl (C=O) groups excluding carboxylic acids is 1. The van der Waals surface area contributed by atoms with E-state index in [1.165, 1.54) is 18.2 Å². The van der Waals surface area contributed by atoms with E-state index in [0.717, 1.165) is 23.9 Å². The normalized spacial score (nSPS) is 19.2. The van der Waals surface area contributed by atoms with Crippen molar-refractivity contribution in [2.75, 3.05) is 0 Å². The summed E-state index contributed by atoms with van der Waals surface area (Å²) < 4.78 is 38.8. The Morgan fingerprint density at radius 2 is 2.04 bits per heavy atom. The zero-order valence-corrected chi connectivity index (χ0v) is 15.1. The highest BCUT2D eigenvalue weighted by atomic mass is 32.2.